The van der Waals surface area contributed by atoms with Crippen molar-refractivity contribution in [3.05, 3.63) is 34.2 Å². The van der Waals surface area contributed by atoms with Gasteiger partial charge in [0.05, 0.1) is 12.7 Å². The number of amides is 1. The molecule has 1 amide bonds. The van der Waals surface area contributed by atoms with Crippen LogP contribution in [-0.2, 0) is 9.53 Å². The molecule has 0 bridgehead atoms. The first-order valence-corrected chi connectivity index (χ1v) is 6.53. The summed E-state index contributed by atoms with van der Waals surface area (Å²) in [6.45, 7) is 0.794. The minimum atomic E-state index is -0.658. The van der Waals surface area contributed by atoms with E-state index in [1.54, 1.807) is 6.08 Å². The van der Waals surface area contributed by atoms with Gasteiger partial charge in [-0.2, -0.15) is 11.3 Å². The lowest BCUT2D eigenvalue weighted by atomic mass is 10.2. The van der Waals surface area contributed by atoms with E-state index >= 15 is 0 Å². The first-order valence-electron chi connectivity index (χ1n) is 5.58. The number of hydrogen-bond donors (Lipinski definition) is 2. The van der Waals surface area contributed by atoms with E-state index in [0.29, 0.717) is 12.4 Å². The average Bonchev–Trinajstić information content (AvgIpc) is 2.90. The number of nitrogens with one attached hydrogen (secondary N) is 1. The minimum absolute atomic E-state index is 0.205. The zero-order valence-corrected chi connectivity index (χ0v) is 10.2. The highest BCUT2D eigenvalue weighted by Gasteiger charge is 2.15. The third-order valence-electron chi connectivity index (χ3n) is 2.54. The Bertz CT molecular complexity index is 400. The molecule has 0 radical (unpaired) electrons. The quantitative estimate of drug-likeness (QED) is 0.856. The van der Waals surface area contributed by atoms with Gasteiger partial charge in [0, 0.05) is 6.54 Å². The molecule has 1 atom stereocenters. The fourth-order valence-corrected chi connectivity index (χ4v) is 2.28. The van der Waals surface area contributed by atoms with Gasteiger partial charge in [-0.1, -0.05) is 0 Å². The van der Waals surface area contributed by atoms with Crippen LogP contribution in [0.3, 0.4) is 0 Å². The molecule has 1 aromatic rings. The summed E-state index contributed by atoms with van der Waals surface area (Å²) in [5.41, 5.74) is 0.828. The zero-order valence-electron chi connectivity index (χ0n) is 9.39. The highest BCUT2D eigenvalue weighted by Crippen LogP contribution is 2.15. The van der Waals surface area contributed by atoms with Gasteiger partial charge in [-0.05, 0) is 41.3 Å². The molecule has 0 saturated carbocycles. The molecule has 2 rings (SSSR count). The monoisotopic (exact) mass is 253 g/mol. The van der Waals surface area contributed by atoms with Crippen LogP contribution in [0.25, 0.3) is 0 Å². The smallest absolute Gasteiger partial charge is 0.286 e. The van der Waals surface area contributed by atoms with E-state index in [9.17, 15) is 9.90 Å². The van der Waals surface area contributed by atoms with Crippen molar-refractivity contribution in [3.63, 3.8) is 0 Å². The van der Waals surface area contributed by atoms with Crippen molar-refractivity contribution >= 4 is 17.2 Å². The van der Waals surface area contributed by atoms with E-state index in [4.69, 9.17) is 4.74 Å². The predicted molar refractivity (Wildman–Crippen MR) is 65.6 cm³/mol. The van der Waals surface area contributed by atoms with E-state index in [1.807, 2.05) is 16.8 Å². The highest BCUT2D eigenvalue weighted by atomic mass is 32.1. The predicted octanol–water partition coefficient (Wildman–Crippen LogP) is 1.59. The molecule has 0 saturated heterocycles. The van der Waals surface area contributed by atoms with Gasteiger partial charge in [-0.3, -0.25) is 4.79 Å². The van der Waals surface area contributed by atoms with Crippen molar-refractivity contribution in [2.24, 2.45) is 0 Å². The largest absolute Gasteiger partial charge is 0.488 e. The van der Waals surface area contributed by atoms with Crippen LogP contribution in [0.2, 0.25) is 0 Å². The van der Waals surface area contributed by atoms with Crippen LogP contribution in [0, 0.1) is 0 Å². The summed E-state index contributed by atoms with van der Waals surface area (Å²) in [4.78, 5) is 11.7. The molecule has 4 nitrogen and oxygen atoms in total. The molecule has 1 aromatic heterocycles. The van der Waals surface area contributed by atoms with Gasteiger partial charge < -0.3 is 15.2 Å². The Kier molecular flexibility index (Phi) is 4.17. The van der Waals surface area contributed by atoms with Crippen LogP contribution in [0.5, 0.6) is 0 Å². The minimum Gasteiger partial charge on any atom is -0.488 e. The van der Waals surface area contributed by atoms with Crippen molar-refractivity contribution in [2.45, 2.75) is 18.9 Å². The average molecular weight is 253 g/mol. The number of carbonyl (C=O) groups is 1. The van der Waals surface area contributed by atoms with Crippen LogP contribution in [0.4, 0.5) is 0 Å². The van der Waals surface area contributed by atoms with E-state index in [1.165, 1.54) is 11.3 Å². The third kappa shape index (κ3) is 3.31. The summed E-state index contributed by atoms with van der Waals surface area (Å²) in [6, 6.07) is 1.85. The van der Waals surface area contributed by atoms with Crippen LogP contribution >= 0.6 is 11.3 Å². The molecule has 1 unspecified atom stereocenters. The molecular weight excluding hydrogens is 238 g/mol. The van der Waals surface area contributed by atoms with Crippen LogP contribution in [-0.4, -0.2) is 24.2 Å². The maximum atomic E-state index is 11.7. The third-order valence-corrected chi connectivity index (χ3v) is 3.24. The normalized spacial score (nSPS) is 16.9. The first kappa shape index (κ1) is 12.1. The standard InChI is InChI=1S/C12H15NO3S/c14-10(9-4-6-17-8-9)7-13-12(15)11-3-1-2-5-16-11/h3-4,6,8,10,14H,1-2,5,7H2,(H,13,15). The Hall–Kier alpha value is -1.33. The number of aliphatic hydroxyl groups is 1. The van der Waals surface area contributed by atoms with E-state index < -0.39 is 6.10 Å². The Morgan fingerprint density at radius 1 is 1.65 bits per heavy atom. The summed E-state index contributed by atoms with van der Waals surface area (Å²) in [6.07, 6.45) is 2.95. The second kappa shape index (κ2) is 5.84. The van der Waals surface area contributed by atoms with Gasteiger partial charge in [0.15, 0.2) is 5.76 Å². The molecular formula is C12H15NO3S. The number of rotatable bonds is 4. The second-order valence-electron chi connectivity index (χ2n) is 3.84. The SMILES string of the molecule is O=C(NCC(O)c1ccsc1)C1=CCCCO1. The fraction of sp³-hybridized carbons (Fsp3) is 0.417. The van der Waals surface area contributed by atoms with Gasteiger partial charge in [0.2, 0.25) is 0 Å². The van der Waals surface area contributed by atoms with Gasteiger partial charge in [0.25, 0.3) is 5.91 Å². The summed E-state index contributed by atoms with van der Waals surface area (Å²) in [7, 11) is 0. The van der Waals surface area contributed by atoms with E-state index in [0.717, 1.165) is 18.4 Å². The van der Waals surface area contributed by atoms with Gasteiger partial charge >= 0.3 is 0 Å². The molecule has 0 fully saturated rings. The maximum absolute atomic E-state index is 11.7. The van der Waals surface area contributed by atoms with Crippen LogP contribution in [0.15, 0.2) is 28.7 Å². The summed E-state index contributed by atoms with van der Waals surface area (Å²) in [5, 5.41) is 16.2. The number of ether oxygens (including phenoxy) is 1. The molecule has 0 aromatic carbocycles. The lowest BCUT2D eigenvalue weighted by Crippen LogP contribution is -2.31. The molecule has 1 aliphatic heterocycles. The van der Waals surface area contributed by atoms with Crippen molar-refractivity contribution in [1.82, 2.24) is 5.32 Å². The summed E-state index contributed by atoms with van der Waals surface area (Å²) in [5.74, 6) is 0.118. The maximum Gasteiger partial charge on any atom is 0.286 e. The highest BCUT2D eigenvalue weighted by molar-refractivity contribution is 7.07. The molecule has 5 heteroatoms. The number of aliphatic hydroxyl groups excluding tert-OH is 1. The Morgan fingerprint density at radius 3 is 3.18 bits per heavy atom. The second-order valence-corrected chi connectivity index (χ2v) is 4.62. The van der Waals surface area contributed by atoms with Gasteiger partial charge in [0.1, 0.15) is 0 Å². The van der Waals surface area contributed by atoms with E-state index in [-0.39, 0.29) is 12.5 Å². The lowest BCUT2D eigenvalue weighted by Gasteiger charge is -2.15. The molecule has 2 N–H and O–H groups in total. The fourth-order valence-electron chi connectivity index (χ4n) is 1.57. The topological polar surface area (TPSA) is 58.6 Å². The van der Waals surface area contributed by atoms with Crippen molar-refractivity contribution in [3.8, 4) is 0 Å². The van der Waals surface area contributed by atoms with Crippen molar-refractivity contribution < 1.29 is 14.6 Å². The summed E-state index contributed by atoms with van der Waals surface area (Å²) >= 11 is 1.52. The molecule has 0 spiro atoms. The molecule has 17 heavy (non-hydrogen) atoms. The molecule has 1 aliphatic rings. The Balaban J connectivity index is 1.82. The molecule has 2 heterocycles. The van der Waals surface area contributed by atoms with Crippen LogP contribution < -0.4 is 5.32 Å². The van der Waals surface area contributed by atoms with Gasteiger partial charge in [-0.25, -0.2) is 0 Å². The van der Waals surface area contributed by atoms with Gasteiger partial charge in [-0.15, -0.1) is 0 Å². The summed E-state index contributed by atoms with van der Waals surface area (Å²) < 4.78 is 5.23. The number of thiophene rings is 1. The Morgan fingerprint density at radius 2 is 2.53 bits per heavy atom. The number of carbonyl (C=O) groups excluding carboxylic acids is 1. The number of hydrogen-bond acceptors (Lipinski definition) is 4. The molecule has 0 aliphatic carbocycles. The Labute approximate surface area is 104 Å². The first-order chi connectivity index (χ1) is 8.27. The van der Waals surface area contributed by atoms with Crippen LogP contribution in [0.1, 0.15) is 24.5 Å². The van der Waals surface area contributed by atoms with Crippen molar-refractivity contribution in [1.29, 1.82) is 0 Å². The number of allylic oxidation sites excluding steroid dienone is 1. The molecule has 92 valence electrons. The zero-order chi connectivity index (χ0) is 12.1. The van der Waals surface area contributed by atoms with E-state index in [2.05, 4.69) is 5.32 Å². The van der Waals surface area contributed by atoms with Crippen molar-refractivity contribution in [2.75, 3.05) is 13.2 Å². The lowest BCUT2D eigenvalue weighted by molar-refractivity contribution is -0.121.